The summed E-state index contributed by atoms with van der Waals surface area (Å²) in [6.07, 6.45) is -0.412. The number of aliphatic hydroxyl groups excluding tert-OH is 1. The Morgan fingerprint density at radius 3 is 2.64 bits per heavy atom. The van der Waals surface area contributed by atoms with Crippen molar-refractivity contribution in [2.75, 3.05) is 0 Å². The first kappa shape index (κ1) is 9.28. The largest absolute Gasteiger partial charge is 0.389 e. The summed E-state index contributed by atoms with van der Waals surface area (Å²) in [6.45, 7) is 5.88. The fourth-order valence-electron chi connectivity index (χ4n) is 2.05. The molecule has 1 aromatic heterocycles. The average Bonchev–Trinajstić information content (AvgIpc) is 2.42. The maximum atomic E-state index is 9.66. The molecular weight excluding hydrogens is 174 g/mol. The van der Waals surface area contributed by atoms with Gasteiger partial charge in [0.25, 0.3) is 0 Å². The lowest BCUT2D eigenvalue weighted by atomic mass is 10.1. The molecule has 0 aliphatic carbocycles. The van der Waals surface area contributed by atoms with Gasteiger partial charge in [-0.3, -0.25) is 0 Å². The van der Waals surface area contributed by atoms with Crippen LogP contribution >= 0.6 is 0 Å². The zero-order valence-electron chi connectivity index (χ0n) is 8.76. The molecule has 2 aromatic rings. The Labute approximate surface area is 83.6 Å². The standard InChI is InChI=1S/C12H15NO/c1-7-5-4-6-10-11(9(3)14)8(2)13-12(7)10/h4-6,9,13-14H,1-3H3. The molecule has 0 saturated carbocycles. The average molecular weight is 189 g/mol. The predicted octanol–water partition coefficient (Wildman–Crippen LogP) is 2.84. The minimum atomic E-state index is -0.412. The van der Waals surface area contributed by atoms with E-state index in [2.05, 4.69) is 18.0 Å². The van der Waals surface area contributed by atoms with Gasteiger partial charge in [-0.05, 0) is 26.3 Å². The summed E-state index contributed by atoms with van der Waals surface area (Å²) < 4.78 is 0. The van der Waals surface area contributed by atoms with E-state index in [0.717, 1.165) is 22.2 Å². The van der Waals surface area contributed by atoms with Gasteiger partial charge in [0.15, 0.2) is 0 Å². The number of aryl methyl sites for hydroxylation is 2. The summed E-state index contributed by atoms with van der Waals surface area (Å²) in [5, 5.41) is 10.8. The van der Waals surface area contributed by atoms with E-state index in [9.17, 15) is 5.11 Å². The van der Waals surface area contributed by atoms with Crippen LogP contribution in [0.15, 0.2) is 18.2 Å². The van der Waals surface area contributed by atoms with Gasteiger partial charge in [-0.1, -0.05) is 18.2 Å². The van der Waals surface area contributed by atoms with Crippen molar-refractivity contribution in [1.82, 2.24) is 4.98 Å². The van der Waals surface area contributed by atoms with Gasteiger partial charge in [-0.15, -0.1) is 0 Å². The number of para-hydroxylation sites is 1. The second-order valence-electron chi connectivity index (χ2n) is 3.84. The van der Waals surface area contributed by atoms with Crippen molar-refractivity contribution < 1.29 is 5.11 Å². The van der Waals surface area contributed by atoms with E-state index in [0.29, 0.717) is 0 Å². The Bertz CT molecular complexity index is 468. The van der Waals surface area contributed by atoms with Crippen LogP contribution in [-0.2, 0) is 0 Å². The van der Waals surface area contributed by atoms with Crippen LogP contribution in [0.5, 0.6) is 0 Å². The number of hydrogen-bond acceptors (Lipinski definition) is 1. The number of aromatic amines is 1. The van der Waals surface area contributed by atoms with Crippen LogP contribution in [0.3, 0.4) is 0 Å². The normalized spacial score (nSPS) is 13.4. The van der Waals surface area contributed by atoms with Crippen LogP contribution < -0.4 is 0 Å². The van der Waals surface area contributed by atoms with Gasteiger partial charge in [0.1, 0.15) is 0 Å². The third-order valence-electron chi connectivity index (χ3n) is 2.70. The fraction of sp³-hybridized carbons (Fsp3) is 0.333. The van der Waals surface area contributed by atoms with Crippen molar-refractivity contribution in [2.24, 2.45) is 0 Å². The topological polar surface area (TPSA) is 36.0 Å². The van der Waals surface area contributed by atoms with Crippen molar-refractivity contribution in [1.29, 1.82) is 0 Å². The monoisotopic (exact) mass is 189 g/mol. The first-order valence-corrected chi connectivity index (χ1v) is 4.87. The molecule has 0 bridgehead atoms. The second kappa shape index (κ2) is 3.14. The molecule has 0 spiro atoms. The maximum absolute atomic E-state index is 9.66. The molecule has 0 radical (unpaired) electrons. The number of nitrogens with one attached hydrogen (secondary N) is 1. The molecule has 0 aliphatic heterocycles. The van der Waals surface area contributed by atoms with Gasteiger partial charge in [0, 0.05) is 22.2 Å². The quantitative estimate of drug-likeness (QED) is 0.711. The van der Waals surface area contributed by atoms with E-state index < -0.39 is 6.10 Å². The Hall–Kier alpha value is -1.28. The summed E-state index contributed by atoms with van der Waals surface area (Å²) in [7, 11) is 0. The number of rotatable bonds is 1. The predicted molar refractivity (Wildman–Crippen MR) is 58.4 cm³/mol. The van der Waals surface area contributed by atoms with E-state index in [-0.39, 0.29) is 0 Å². The molecule has 2 nitrogen and oxygen atoms in total. The number of aromatic nitrogens is 1. The van der Waals surface area contributed by atoms with Crippen molar-refractivity contribution in [3.8, 4) is 0 Å². The maximum Gasteiger partial charge on any atom is 0.0785 e. The molecule has 0 amide bonds. The van der Waals surface area contributed by atoms with Crippen molar-refractivity contribution >= 4 is 10.9 Å². The third kappa shape index (κ3) is 1.23. The Morgan fingerprint density at radius 2 is 2.00 bits per heavy atom. The smallest absolute Gasteiger partial charge is 0.0785 e. The molecule has 1 unspecified atom stereocenters. The second-order valence-corrected chi connectivity index (χ2v) is 3.84. The summed E-state index contributed by atoms with van der Waals surface area (Å²) >= 11 is 0. The van der Waals surface area contributed by atoms with Gasteiger partial charge in [0.2, 0.25) is 0 Å². The molecule has 2 N–H and O–H groups in total. The molecule has 14 heavy (non-hydrogen) atoms. The third-order valence-corrected chi connectivity index (χ3v) is 2.70. The molecule has 0 aliphatic rings. The molecule has 1 heterocycles. The molecule has 2 rings (SSSR count). The minimum Gasteiger partial charge on any atom is -0.389 e. The molecular formula is C12H15NO. The van der Waals surface area contributed by atoms with Gasteiger partial charge in [-0.25, -0.2) is 0 Å². The molecule has 0 fully saturated rings. The van der Waals surface area contributed by atoms with Gasteiger partial charge in [0.05, 0.1) is 6.10 Å². The number of hydrogen-bond donors (Lipinski definition) is 2. The van der Waals surface area contributed by atoms with E-state index in [1.807, 2.05) is 19.1 Å². The Balaban J connectivity index is 2.83. The summed E-state index contributed by atoms with van der Waals surface area (Å²) in [6, 6.07) is 6.15. The first-order valence-electron chi connectivity index (χ1n) is 4.87. The van der Waals surface area contributed by atoms with Gasteiger partial charge >= 0.3 is 0 Å². The number of aliphatic hydroxyl groups is 1. The Morgan fingerprint density at radius 1 is 1.29 bits per heavy atom. The van der Waals surface area contributed by atoms with Crippen LogP contribution in [0, 0.1) is 13.8 Å². The van der Waals surface area contributed by atoms with Crippen molar-refractivity contribution in [3.05, 3.63) is 35.0 Å². The molecule has 1 atom stereocenters. The molecule has 1 aromatic carbocycles. The Kier molecular flexibility index (Phi) is 2.08. The zero-order chi connectivity index (χ0) is 10.3. The fourth-order valence-corrected chi connectivity index (χ4v) is 2.05. The highest BCUT2D eigenvalue weighted by molar-refractivity contribution is 5.87. The van der Waals surface area contributed by atoms with E-state index in [1.54, 1.807) is 6.92 Å². The highest BCUT2D eigenvalue weighted by Gasteiger charge is 2.13. The van der Waals surface area contributed by atoms with Crippen LogP contribution in [0.2, 0.25) is 0 Å². The zero-order valence-corrected chi connectivity index (χ0v) is 8.76. The number of benzene rings is 1. The highest BCUT2D eigenvalue weighted by atomic mass is 16.3. The van der Waals surface area contributed by atoms with Crippen LogP contribution in [0.25, 0.3) is 10.9 Å². The van der Waals surface area contributed by atoms with Crippen LogP contribution in [0.1, 0.15) is 29.8 Å². The summed E-state index contributed by atoms with van der Waals surface area (Å²) in [5.41, 5.74) is 4.44. The summed E-state index contributed by atoms with van der Waals surface area (Å²) in [4.78, 5) is 3.32. The van der Waals surface area contributed by atoms with E-state index in [4.69, 9.17) is 0 Å². The minimum absolute atomic E-state index is 0.412. The van der Waals surface area contributed by atoms with Gasteiger partial charge < -0.3 is 10.1 Å². The number of fused-ring (bicyclic) bond motifs is 1. The first-order chi connectivity index (χ1) is 6.61. The van der Waals surface area contributed by atoms with Crippen LogP contribution in [0.4, 0.5) is 0 Å². The lowest BCUT2D eigenvalue weighted by molar-refractivity contribution is 0.200. The lowest BCUT2D eigenvalue weighted by Gasteiger charge is -2.03. The molecule has 74 valence electrons. The van der Waals surface area contributed by atoms with E-state index in [1.165, 1.54) is 5.56 Å². The van der Waals surface area contributed by atoms with Crippen LogP contribution in [-0.4, -0.2) is 10.1 Å². The SMILES string of the molecule is Cc1[nH]c2c(C)cccc2c1C(C)O. The molecule has 0 saturated heterocycles. The number of H-pyrrole nitrogens is 1. The van der Waals surface area contributed by atoms with Crippen molar-refractivity contribution in [3.63, 3.8) is 0 Å². The summed E-state index contributed by atoms with van der Waals surface area (Å²) in [5.74, 6) is 0. The van der Waals surface area contributed by atoms with Gasteiger partial charge in [-0.2, -0.15) is 0 Å². The lowest BCUT2D eigenvalue weighted by Crippen LogP contribution is -1.91. The van der Waals surface area contributed by atoms with Crippen molar-refractivity contribution in [2.45, 2.75) is 26.9 Å². The van der Waals surface area contributed by atoms with E-state index >= 15 is 0 Å². The molecule has 2 heteroatoms. The highest BCUT2D eigenvalue weighted by Crippen LogP contribution is 2.28.